The van der Waals surface area contributed by atoms with Crippen molar-refractivity contribution in [2.45, 2.75) is 135 Å². The fourth-order valence-corrected chi connectivity index (χ4v) is 12.1. The number of aliphatic hydroxyl groups excluding tert-OH is 4. The summed E-state index contributed by atoms with van der Waals surface area (Å²) in [7, 11) is -2.29. The molecule has 0 aromatic carbocycles. The molecule has 6 heteroatoms. The Hall–Kier alpha value is 0.0169. The first-order valence-electron chi connectivity index (χ1n) is 13.2. The lowest BCUT2D eigenvalue weighted by molar-refractivity contribution is -0.103. The molecular formula is C26H54O5Si. The first-order chi connectivity index (χ1) is 14.8. The maximum absolute atomic E-state index is 11.3. The molecule has 0 aromatic rings. The molecule has 192 valence electrons. The lowest BCUT2D eigenvalue weighted by Crippen LogP contribution is -2.56. The van der Waals surface area contributed by atoms with Crippen LogP contribution in [0, 0.1) is 23.7 Å². The van der Waals surface area contributed by atoms with Crippen molar-refractivity contribution in [3.8, 4) is 0 Å². The van der Waals surface area contributed by atoms with E-state index in [0.717, 1.165) is 25.7 Å². The van der Waals surface area contributed by atoms with E-state index in [0.29, 0.717) is 16.6 Å². The first kappa shape index (κ1) is 30.0. The van der Waals surface area contributed by atoms with E-state index in [1.165, 1.54) is 6.42 Å². The Morgan fingerprint density at radius 2 is 1.16 bits per heavy atom. The van der Waals surface area contributed by atoms with Crippen molar-refractivity contribution < 1.29 is 24.9 Å². The van der Waals surface area contributed by atoms with E-state index in [2.05, 4.69) is 41.5 Å². The van der Waals surface area contributed by atoms with Gasteiger partial charge in [0.05, 0.1) is 24.4 Å². The quantitative estimate of drug-likeness (QED) is 0.278. The van der Waals surface area contributed by atoms with Crippen LogP contribution in [0.5, 0.6) is 0 Å². The number of rotatable bonds is 13. The molecule has 1 fully saturated rings. The van der Waals surface area contributed by atoms with Crippen LogP contribution in [0.3, 0.4) is 0 Å². The molecule has 1 aliphatic rings. The van der Waals surface area contributed by atoms with Gasteiger partial charge in [-0.05, 0) is 35.4 Å². The number of aliphatic hydroxyl groups is 4. The van der Waals surface area contributed by atoms with E-state index in [1.54, 1.807) is 0 Å². The second-order valence-corrected chi connectivity index (χ2v) is 17.1. The Morgan fingerprint density at radius 3 is 1.56 bits per heavy atom. The topological polar surface area (TPSA) is 90.2 Å². The van der Waals surface area contributed by atoms with Crippen molar-refractivity contribution in [2.24, 2.45) is 23.7 Å². The van der Waals surface area contributed by atoms with Gasteiger partial charge in [-0.3, -0.25) is 0 Å². The standard InChI is InChI=1S/C26H54O5Si/c1-16(2)32(17(3)4,18(5)6)31-26(20(8)23(28)19(7)15-27)21(9)24(29)25(30)22-13-11-10-12-14-22/h16-30H,10-15H2,1-9H3/t19-,20-,21+,23-,24?,25+,26-/m1/s1. The highest BCUT2D eigenvalue weighted by molar-refractivity contribution is 6.77. The summed E-state index contributed by atoms with van der Waals surface area (Å²) in [5.41, 5.74) is 1.12. The third-order valence-electron chi connectivity index (χ3n) is 8.51. The van der Waals surface area contributed by atoms with Crippen LogP contribution in [-0.4, -0.2) is 59.8 Å². The van der Waals surface area contributed by atoms with E-state index in [9.17, 15) is 20.4 Å². The highest BCUT2D eigenvalue weighted by Crippen LogP contribution is 2.45. The van der Waals surface area contributed by atoms with E-state index < -0.39 is 32.7 Å². The van der Waals surface area contributed by atoms with Gasteiger partial charge in [0, 0.05) is 24.4 Å². The summed E-state index contributed by atoms with van der Waals surface area (Å²) in [6.07, 6.45) is 2.51. The summed E-state index contributed by atoms with van der Waals surface area (Å²) in [5.74, 6) is -0.758. The van der Waals surface area contributed by atoms with Gasteiger partial charge in [-0.2, -0.15) is 0 Å². The summed E-state index contributed by atoms with van der Waals surface area (Å²) in [4.78, 5) is 0. The molecule has 4 N–H and O–H groups in total. The third-order valence-corrected chi connectivity index (χ3v) is 14.6. The molecule has 0 saturated heterocycles. The Kier molecular flexibility index (Phi) is 12.4. The number of hydrogen-bond donors (Lipinski definition) is 4. The van der Waals surface area contributed by atoms with E-state index in [-0.39, 0.29) is 30.3 Å². The average molecular weight is 475 g/mol. The van der Waals surface area contributed by atoms with E-state index in [4.69, 9.17) is 4.43 Å². The molecule has 7 atom stereocenters. The Labute approximate surface area is 199 Å². The lowest BCUT2D eigenvalue weighted by Gasteiger charge is -2.49. The monoisotopic (exact) mass is 474 g/mol. The molecule has 1 unspecified atom stereocenters. The summed E-state index contributed by atoms with van der Waals surface area (Å²) in [6.45, 7) is 19.1. The minimum atomic E-state index is -2.29. The molecular weight excluding hydrogens is 420 g/mol. The van der Waals surface area contributed by atoms with Gasteiger partial charge in [0.25, 0.3) is 0 Å². The SMILES string of the molecule is CC(C)[Si](O[C@H]([C@H](C)[C@H](O)[C@H](C)CO)[C@@H](C)C(O)[C@@H](O)C1CCCCC1)(C(C)C)C(C)C. The molecule has 1 saturated carbocycles. The van der Waals surface area contributed by atoms with Gasteiger partial charge in [-0.1, -0.05) is 81.6 Å². The fraction of sp³-hybridized carbons (Fsp3) is 1.00. The third kappa shape index (κ3) is 6.79. The summed E-state index contributed by atoms with van der Waals surface area (Å²) in [5, 5.41) is 43.0. The largest absolute Gasteiger partial charge is 0.412 e. The second kappa shape index (κ2) is 13.2. The van der Waals surface area contributed by atoms with Gasteiger partial charge in [-0.15, -0.1) is 0 Å². The molecule has 0 bridgehead atoms. The Bertz CT molecular complexity index is 499. The minimum Gasteiger partial charge on any atom is -0.412 e. The van der Waals surface area contributed by atoms with Gasteiger partial charge >= 0.3 is 0 Å². The van der Waals surface area contributed by atoms with E-state index in [1.807, 2.05) is 20.8 Å². The van der Waals surface area contributed by atoms with Crippen LogP contribution in [0.4, 0.5) is 0 Å². The fourth-order valence-electron chi connectivity index (χ4n) is 6.42. The van der Waals surface area contributed by atoms with Crippen LogP contribution in [0.25, 0.3) is 0 Å². The van der Waals surface area contributed by atoms with Crippen LogP contribution in [0.2, 0.25) is 16.6 Å². The molecule has 1 aliphatic carbocycles. The van der Waals surface area contributed by atoms with E-state index >= 15 is 0 Å². The maximum atomic E-state index is 11.3. The van der Waals surface area contributed by atoms with Gasteiger partial charge in [0.2, 0.25) is 8.32 Å². The molecule has 0 spiro atoms. The van der Waals surface area contributed by atoms with Gasteiger partial charge in [0.1, 0.15) is 0 Å². The molecule has 5 nitrogen and oxygen atoms in total. The molecule has 0 aliphatic heterocycles. The summed E-state index contributed by atoms with van der Waals surface area (Å²) in [6, 6.07) is 0. The lowest BCUT2D eigenvalue weighted by atomic mass is 9.77. The van der Waals surface area contributed by atoms with Crippen molar-refractivity contribution in [2.75, 3.05) is 6.61 Å². The molecule has 32 heavy (non-hydrogen) atoms. The predicted octanol–water partition coefficient (Wildman–Crippen LogP) is 5.11. The first-order valence-corrected chi connectivity index (χ1v) is 15.3. The summed E-state index contributed by atoms with van der Waals surface area (Å²) < 4.78 is 7.15. The Morgan fingerprint density at radius 1 is 0.719 bits per heavy atom. The van der Waals surface area contributed by atoms with Gasteiger partial charge in [0.15, 0.2) is 0 Å². The summed E-state index contributed by atoms with van der Waals surface area (Å²) >= 11 is 0. The maximum Gasteiger partial charge on any atom is 0.200 e. The van der Waals surface area contributed by atoms with Gasteiger partial charge < -0.3 is 24.9 Å². The zero-order chi connectivity index (χ0) is 24.8. The highest BCUT2D eigenvalue weighted by Gasteiger charge is 2.50. The molecule has 0 amide bonds. The molecule has 1 rings (SSSR count). The smallest absolute Gasteiger partial charge is 0.200 e. The zero-order valence-corrected chi connectivity index (χ0v) is 23.3. The molecule has 0 heterocycles. The second-order valence-electron chi connectivity index (χ2n) is 11.6. The molecule has 0 radical (unpaired) electrons. The average Bonchev–Trinajstić information content (AvgIpc) is 2.76. The van der Waals surface area contributed by atoms with Crippen LogP contribution >= 0.6 is 0 Å². The van der Waals surface area contributed by atoms with Crippen molar-refractivity contribution >= 4 is 8.32 Å². The van der Waals surface area contributed by atoms with Crippen LogP contribution in [0.15, 0.2) is 0 Å². The van der Waals surface area contributed by atoms with Crippen molar-refractivity contribution in [1.29, 1.82) is 0 Å². The van der Waals surface area contributed by atoms with Crippen molar-refractivity contribution in [3.63, 3.8) is 0 Å². The number of hydrogen-bond acceptors (Lipinski definition) is 5. The highest BCUT2D eigenvalue weighted by atomic mass is 28.4. The normalized spacial score (nSPS) is 23.2. The minimum absolute atomic E-state index is 0.0963. The molecule has 0 aromatic heterocycles. The van der Waals surface area contributed by atoms with Crippen molar-refractivity contribution in [3.05, 3.63) is 0 Å². The Balaban J connectivity index is 3.31. The van der Waals surface area contributed by atoms with Crippen LogP contribution in [-0.2, 0) is 4.43 Å². The van der Waals surface area contributed by atoms with Crippen LogP contribution in [0.1, 0.15) is 94.4 Å². The van der Waals surface area contributed by atoms with Crippen molar-refractivity contribution in [1.82, 2.24) is 0 Å². The predicted molar refractivity (Wildman–Crippen MR) is 135 cm³/mol. The zero-order valence-electron chi connectivity index (χ0n) is 22.3. The van der Waals surface area contributed by atoms with Gasteiger partial charge in [-0.25, -0.2) is 0 Å². The van der Waals surface area contributed by atoms with Crippen LogP contribution < -0.4 is 0 Å².